The van der Waals surface area contributed by atoms with Gasteiger partial charge in [0.2, 0.25) is 5.91 Å². The maximum Gasteiger partial charge on any atom is 0.267 e. The van der Waals surface area contributed by atoms with Crippen molar-refractivity contribution >= 4 is 16.0 Å². The molecule has 7 nitrogen and oxygen atoms in total. The summed E-state index contributed by atoms with van der Waals surface area (Å²) < 4.78 is 32.4. The molecule has 0 rings (SSSR count). The van der Waals surface area contributed by atoms with Crippen LogP contribution in [0.1, 0.15) is 174 Å². The Hall–Kier alpha value is -1.74. The van der Waals surface area contributed by atoms with Crippen LogP contribution in [0.4, 0.5) is 0 Å². The minimum Gasteiger partial charge on any atom is -0.387 e. The number of rotatable bonds is 34. The Balaban J connectivity index is 4.05. The first kappa shape index (κ1) is 46.3. The van der Waals surface area contributed by atoms with E-state index in [1.54, 1.807) is 6.08 Å². The second kappa shape index (κ2) is 33.7. The molecule has 0 radical (unpaired) electrons. The largest absolute Gasteiger partial charge is 0.387 e. The van der Waals surface area contributed by atoms with Crippen molar-refractivity contribution in [1.82, 2.24) is 5.32 Å². The summed E-state index contributed by atoms with van der Waals surface area (Å²) in [6, 6.07) is -1.26. The van der Waals surface area contributed by atoms with Crippen LogP contribution in [0.2, 0.25) is 0 Å². The molecule has 0 heterocycles. The maximum atomic E-state index is 12.5. The van der Waals surface area contributed by atoms with Crippen LogP contribution in [0, 0.1) is 0 Å². The topological polar surface area (TPSA) is 124 Å². The third kappa shape index (κ3) is 32.8. The minimum atomic E-state index is -4.45. The normalized spacial score (nSPS) is 14.5. The van der Waals surface area contributed by atoms with Gasteiger partial charge in [-0.05, 0) is 64.2 Å². The number of allylic oxidation sites excluding steroid dienone is 7. The van der Waals surface area contributed by atoms with Crippen LogP contribution >= 0.6 is 0 Å². The number of nitrogens with one attached hydrogen (secondary N) is 1. The Bertz CT molecular complexity index is 959. The average molecular weight is 696 g/mol. The van der Waals surface area contributed by atoms with E-state index in [-0.39, 0.29) is 6.42 Å². The fourth-order valence-electron chi connectivity index (χ4n) is 5.55. The monoisotopic (exact) mass is 696 g/mol. The molecule has 0 aliphatic rings. The van der Waals surface area contributed by atoms with Crippen LogP contribution in [-0.4, -0.2) is 53.1 Å². The molecule has 0 aliphatic carbocycles. The van der Waals surface area contributed by atoms with E-state index in [2.05, 4.69) is 55.6 Å². The predicted octanol–water partition coefficient (Wildman–Crippen LogP) is 10.1. The van der Waals surface area contributed by atoms with Crippen molar-refractivity contribution in [3.8, 4) is 0 Å². The van der Waals surface area contributed by atoms with E-state index in [0.717, 1.165) is 57.8 Å². The number of aliphatic hydroxyl groups is 2. The lowest BCUT2D eigenvalue weighted by molar-refractivity contribution is -0.130. The summed E-state index contributed by atoms with van der Waals surface area (Å²) in [6.07, 6.45) is 41.8. The van der Waals surface area contributed by atoms with Crippen LogP contribution in [-0.2, 0) is 14.9 Å². The molecule has 8 heteroatoms. The maximum absolute atomic E-state index is 12.5. The fourth-order valence-corrected chi connectivity index (χ4v) is 6.28. The third-order valence-electron chi connectivity index (χ3n) is 8.54. The number of carbonyl (C=O) groups excluding carboxylic acids is 1. The van der Waals surface area contributed by atoms with E-state index in [1.165, 1.54) is 89.5 Å². The van der Waals surface area contributed by atoms with E-state index in [9.17, 15) is 28.0 Å². The minimum absolute atomic E-state index is 0.263. The van der Waals surface area contributed by atoms with Gasteiger partial charge in [-0.1, -0.05) is 159 Å². The van der Waals surface area contributed by atoms with Gasteiger partial charge in [0.05, 0.1) is 17.9 Å². The molecule has 0 spiro atoms. The first-order chi connectivity index (χ1) is 23.2. The van der Waals surface area contributed by atoms with Crippen LogP contribution in [0.5, 0.6) is 0 Å². The second-order valence-corrected chi connectivity index (χ2v) is 14.8. The molecule has 3 unspecified atom stereocenters. The number of carbonyl (C=O) groups is 1. The Labute approximate surface area is 295 Å². The lowest BCUT2D eigenvalue weighted by Crippen LogP contribution is -2.50. The van der Waals surface area contributed by atoms with Crippen LogP contribution in [0.3, 0.4) is 0 Å². The molecular weight excluding hydrogens is 623 g/mol. The number of amides is 1. The second-order valence-electron chi connectivity index (χ2n) is 13.3. The highest BCUT2D eigenvalue weighted by molar-refractivity contribution is 7.85. The van der Waals surface area contributed by atoms with E-state index in [1.807, 2.05) is 0 Å². The molecule has 0 aromatic carbocycles. The van der Waals surface area contributed by atoms with Gasteiger partial charge in [-0.15, -0.1) is 0 Å². The van der Waals surface area contributed by atoms with Gasteiger partial charge in [-0.3, -0.25) is 9.35 Å². The molecule has 4 N–H and O–H groups in total. The van der Waals surface area contributed by atoms with Crippen molar-refractivity contribution in [2.45, 2.75) is 193 Å². The van der Waals surface area contributed by atoms with Crippen molar-refractivity contribution in [2.24, 2.45) is 0 Å². The van der Waals surface area contributed by atoms with Gasteiger partial charge in [-0.25, -0.2) is 0 Å². The van der Waals surface area contributed by atoms with Gasteiger partial charge in [0.15, 0.2) is 0 Å². The highest BCUT2D eigenvalue weighted by Gasteiger charge is 2.27. The van der Waals surface area contributed by atoms with Crippen LogP contribution in [0.25, 0.3) is 0 Å². The first-order valence-electron chi connectivity index (χ1n) is 19.4. The SMILES string of the molecule is CCC/C=C/CC/C=C/CC/C=C/C(O)C(CS(=O)(=O)O)NC(=O)C(O)CCCCCCCC/C=C\CCCCCCCCCCCC. The summed E-state index contributed by atoms with van der Waals surface area (Å²) in [6.45, 7) is 4.42. The van der Waals surface area contributed by atoms with E-state index >= 15 is 0 Å². The Morgan fingerprint density at radius 1 is 0.562 bits per heavy atom. The van der Waals surface area contributed by atoms with Crippen molar-refractivity contribution in [2.75, 3.05) is 5.75 Å². The summed E-state index contributed by atoms with van der Waals surface area (Å²) in [5.41, 5.74) is 0. The zero-order chi connectivity index (χ0) is 35.6. The molecule has 0 aliphatic heterocycles. The predicted molar refractivity (Wildman–Crippen MR) is 204 cm³/mol. The molecule has 0 aromatic rings. The Morgan fingerprint density at radius 3 is 1.46 bits per heavy atom. The number of unbranched alkanes of at least 4 members (excludes halogenated alkanes) is 19. The summed E-state index contributed by atoms with van der Waals surface area (Å²) >= 11 is 0. The molecule has 3 atom stereocenters. The highest BCUT2D eigenvalue weighted by atomic mass is 32.2. The number of hydrogen-bond acceptors (Lipinski definition) is 5. The molecule has 0 bridgehead atoms. The quantitative estimate of drug-likeness (QED) is 0.0302. The molecule has 0 saturated heterocycles. The fraction of sp³-hybridized carbons (Fsp3) is 0.775. The molecule has 0 fully saturated rings. The summed E-state index contributed by atoms with van der Waals surface area (Å²) in [5.74, 6) is -1.58. The van der Waals surface area contributed by atoms with Crippen molar-refractivity contribution < 1.29 is 28.0 Å². The van der Waals surface area contributed by atoms with Gasteiger partial charge >= 0.3 is 0 Å². The zero-order valence-corrected chi connectivity index (χ0v) is 31.5. The van der Waals surface area contributed by atoms with Gasteiger partial charge in [0.25, 0.3) is 10.1 Å². The van der Waals surface area contributed by atoms with Gasteiger partial charge in [-0.2, -0.15) is 8.42 Å². The van der Waals surface area contributed by atoms with E-state index in [0.29, 0.717) is 12.8 Å². The third-order valence-corrected chi connectivity index (χ3v) is 9.32. The molecule has 0 aromatic heterocycles. The van der Waals surface area contributed by atoms with Crippen molar-refractivity contribution in [3.63, 3.8) is 0 Å². The summed E-state index contributed by atoms with van der Waals surface area (Å²) in [7, 11) is -4.45. The van der Waals surface area contributed by atoms with E-state index in [4.69, 9.17) is 0 Å². The van der Waals surface area contributed by atoms with Crippen LogP contribution < -0.4 is 5.32 Å². The highest BCUT2D eigenvalue weighted by Crippen LogP contribution is 2.13. The molecule has 280 valence electrons. The Kier molecular flexibility index (Phi) is 32.5. The van der Waals surface area contributed by atoms with Gasteiger partial charge in [0.1, 0.15) is 6.10 Å². The lowest BCUT2D eigenvalue weighted by atomic mass is 10.0. The first-order valence-corrected chi connectivity index (χ1v) is 21.1. The standard InChI is InChI=1S/C40H73NO6S/c1-3-5-7-9-11-13-15-16-17-18-19-20-21-22-23-25-27-29-31-33-35-39(43)40(44)41-37(36-48(45,46)47)38(42)34-32-30-28-26-24-14-12-10-8-6-4-2/h8,10,20-21,24,26,32,34,37-39,42-43H,3-7,9,11-19,22-23,25,27-31,33,35-36H2,1-2H3,(H,41,44)(H,45,46,47)/b10-8+,21-20-,26-24+,34-32+. The van der Waals surface area contributed by atoms with E-state index < -0.39 is 40.0 Å². The molecule has 0 saturated carbocycles. The number of aliphatic hydroxyl groups excluding tert-OH is 2. The van der Waals surface area contributed by atoms with Gasteiger partial charge in [0, 0.05) is 0 Å². The summed E-state index contributed by atoms with van der Waals surface area (Å²) in [4.78, 5) is 12.5. The average Bonchev–Trinajstić information content (AvgIpc) is 3.05. The summed E-state index contributed by atoms with van der Waals surface area (Å²) in [5, 5.41) is 23.3. The number of hydrogen-bond donors (Lipinski definition) is 4. The zero-order valence-electron chi connectivity index (χ0n) is 30.7. The smallest absolute Gasteiger partial charge is 0.267 e. The molecular formula is C40H73NO6S. The molecule has 1 amide bonds. The Morgan fingerprint density at radius 2 is 0.979 bits per heavy atom. The molecule has 48 heavy (non-hydrogen) atoms. The van der Waals surface area contributed by atoms with Crippen molar-refractivity contribution in [3.05, 3.63) is 48.6 Å². The lowest BCUT2D eigenvalue weighted by Gasteiger charge is -2.22. The van der Waals surface area contributed by atoms with Crippen molar-refractivity contribution in [1.29, 1.82) is 0 Å². The van der Waals surface area contributed by atoms with Crippen LogP contribution in [0.15, 0.2) is 48.6 Å². The van der Waals surface area contributed by atoms with Gasteiger partial charge < -0.3 is 15.5 Å².